The maximum atomic E-state index is 5.02. The van der Waals surface area contributed by atoms with Crippen molar-refractivity contribution in [1.29, 1.82) is 0 Å². The summed E-state index contributed by atoms with van der Waals surface area (Å²) in [6, 6.07) is 10.8. The van der Waals surface area contributed by atoms with E-state index < -0.39 is 0 Å². The van der Waals surface area contributed by atoms with Gasteiger partial charge in [0.2, 0.25) is 0 Å². The van der Waals surface area contributed by atoms with Crippen molar-refractivity contribution in [3.05, 3.63) is 35.9 Å². The molecule has 120 valence electrons. The Labute approximate surface area is 145 Å². The first-order valence-electron chi connectivity index (χ1n) is 6.84. The molecule has 0 aliphatic rings. The maximum absolute atomic E-state index is 5.02. The molecule has 5 nitrogen and oxygen atoms in total. The lowest BCUT2D eigenvalue weighted by Gasteiger charge is -2.26. The zero-order valence-electron chi connectivity index (χ0n) is 13.3. The van der Waals surface area contributed by atoms with E-state index in [4.69, 9.17) is 4.74 Å². The van der Waals surface area contributed by atoms with E-state index in [2.05, 4.69) is 58.9 Å². The summed E-state index contributed by atoms with van der Waals surface area (Å²) < 4.78 is 5.02. The fraction of sp³-hybridized carbons (Fsp3) is 0.533. The fourth-order valence-electron chi connectivity index (χ4n) is 1.96. The molecule has 1 aromatic carbocycles. The zero-order chi connectivity index (χ0) is 14.8. The topological polar surface area (TPSA) is 48.9 Å². The van der Waals surface area contributed by atoms with Crippen molar-refractivity contribution in [2.24, 2.45) is 4.99 Å². The summed E-state index contributed by atoms with van der Waals surface area (Å²) in [4.78, 5) is 6.40. The minimum atomic E-state index is 0. The van der Waals surface area contributed by atoms with Gasteiger partial charge in [-0.1, -0.05) is 30.3 Å². The van der Waals surface area contributed by atoms with Crippen molar-refractivity contribution >= 4 is 29.9 Å². The predicted molar refractivity (Wildman–Crippen MR) is 99.5 cm³/mol. The van der Waals surface area contributed by atoms with Gasteiger partial charge in [0.1, 0.15) is 0 Å². The van der Waals surface area contributed by atoms with Crippen LogP contribution in [0, 0.1) is 0 Å². The lowest BCUT2D eigenvalue weighted by molar-refractivity contribution is 0.203. The lowest BCUT2D eigenvalue weighted by Crippen LogP contribution is -2.42. The van der Waals surface area contributed by atoms with Crippen LogP contribution in [0.5, 0.6) is 0 Å². The normalized spacial score (nSPS) is 12.7. The standard InChI is InChI=1S/C15H26N4O.HI/c1-16-15(17-10-11-20-4)18-12-14(19(2)3)13-8-6-5-7-9-13;/h5-9,14H,10-12H2,1-4H3,(H2,16,17,18);1H. The zero-order valence-corrected chi connectivity index (χ0v) is 15.6. The van der Waals surface area contributed by atoms with E-state index >= 15 is 0 Å². The molecule has 0 bridgehead atoms. The number of halogens is 1. The van der Waals surface area contributed by atoms with Crippen LogP contribution in [-0.4, -0.2) is 58.8 Å². The summed E-state index contributed by atoms with van der Waals surface area (Å²) >= 11 is 0. The van der Waals surface area contributed by atoms with Crippen LogP contribution in [0.2, 0.25) is 0 Å². The largest absolute Gasteiger partial charge is 0.383 e. The lowest BCUT2D eigenvalue weighted by atomic mass is 10.1. The molecule has 0 heterocycles. The molecule has 0 fully saturated rings. The molecule has 1 atom stereocenters. The van der Waals surface area contributed by atoms with Crippen LogP contribution in [0.4, 0.5) is 0 Å². The Balaban J connectivity index is 0.00000400. The van der Waals surface area contributed by atoms with Crippen molar-refractivity contribution in [3.63, 3.8) is 0 Å². The van der Waals surface area contributed by atoms with E-state index in [-0.39, 0.29) is 24.0 Å². The molecule has 0 aliphatic heterocycles. The molecular formula is C15H27IN4O. The summed E-state index contributed by atoms with van der Waals surface area (Å²) in [6.45, 7) is 2.20. The van der Waals surface area contributed by atoms with Gasteiger partial charge in [-0.2, -0.15) is 0 Å². The second kappa shape index (κ2) is 11.8. The molecule has 0 aliphatic carbocycles. The highest BCUT2D eigenvalue weighted by molar-refractivity contribution is 14.0. The quantitative estimate of drug-likeness (QED) is 0.314. The number of guanidine groups is 1. The number of aliphatic imine (C=N–C) groups is 1. The van der Waals surface area contributed by atoms with Crippen LogP contribution in [0.25, 0.3) is 0 Å². The molecule has 6 heteroatoms. The number of nitrogens with zero attached hydrogens (tertiary/aromatic N) is 2. The minimum absolute atomic E-state index is 0. The molecule has 2 N–H and O–H groups in total. The highest BCUT2D eigenvalue weighted by Gasteiger charge is 2.13. The van der Waals surface area contributed by atoms with Gasteiger partial charge in [-0.25, -0.2) is 0 Å². The number of benzene rings is 1. The molecule has 0 saturated heterocycles. The predicted octanol–water partition coefficient (Wildman–Crippen LogP) is 1.72. The highest BCUT2D eigenvalue weighted by Crippen LogP contribution is 2.16. The molecule has 1 unspecified atom stereocenters. The van der Waals surface area contributed by atoms with Crippen molar-refractivity contribution in [1.82, 2.24) is 15.5 Å². The van der Waals surface area contributed by atoms with Crippen LogP contribution in [0.1, 0.15) is 11.6 Å². The fourth-order valence-corrected chi connectivity index (χ4v) is 1.96. The average molecular weight is 406 g/mol. The molecule has 0 radical (unpaired) electrons. The number of rotatable bonds is 7. The van der Waals surface area contributed by atoms with Gasteiger partial charge in [0.25, 0.3) is 0 Å². The molecule has 1 rings (SSSR count). The Morgan fingerprint density at radius 1 is 1.24 bits per heavy atom. The average Bonchev–Trinajstić information content (AvgIpc) is 2.46. The van der Waals surface area contributed by atoms with E-state index in [1.807, 2.05) is 6.07 Å². The molecule has 0 saturated carbocycles. The van der Waals surface area contributed by atoms with E-state index in [9.17, 15) is 0 Å². The minimum Gasteiger partial charge on any atom is -0.383 e. The number of hydrogen-bond acceptors (Lipinski definition) is 3. The van der Waals surface area contributed by atoms with Gasteiger partial charge in [-0.3, -0.25) is 4.99 Å². The van der Waals surface area contributed by atoms with Crippen molar-refractivity contribution < 1.29 is 4.74 Å². The third-order valence-electron chi connectivity index (χ3n) is 3.09. The first-order chi connectivity index (χ1) is 9.69. The molecular weight excluding hydrogens is 379 g/mol. The van der Waals surface area contributed by atoms with Crippen molar-refractivity contribution in [2.45, 2.75) is 6.04 Å². The number of ether oxygens (including phenoxy) is 1. The summed E-state index contributed by atoms with van der Waals surface area (Å²) in [5, 5.41) is 6.56. The van der Waals surface area contributed by atoms with E-state index in [1.165, 1.54) is 5.56 Å². The van der Waals surface area contributed by atoms with Crippen molar-refractivity contribution in [2.75, 3.05) is 47.9 Å². The van der Waals surface area contributed by atoms with Crippen molar-refractivity contribution in [3.8, 4) is 0 Å². The van der Waals surface area contributed by atoms with Gasteiger partial charge in [0, 0.05) is 27.2 Å². The van der Waals surface area contributed by atoms with Gasteiger partial charge < -0.3 is 20.3 Å². The van der Waals surface area contributed by atoms with Crippen LogP contribution >= 0.6 is 24.0 Å². The van der Waals surface area contributed by atoms with Crippen LogP contribution in [0.3, 0.4) is 0 Å². The number of nitrogens with one attached hydrogen (secondary N) is 2. The SMILES string of the molecule is CN=C(NCCOC)NCC(c1ccccc1)N(C)C.I. The molecule has 0 aromatic heterocycles. The van der Waals surface area contributed by atoms with Crippen LogP contribution in [0.15, 0.2) is 35.3 Å². The summed E-state index contributed by atoms with van der Waals surface area (Å²) in [5.41, 5.74) is 1.29. The van der Waals surface area contributed by atoms with Gasteiger partial charge in [0.15, 0.2) is 5.96 Å². The number of hydrogen-bond donors (Lipinski definition) is 2. The smallest absolute Gasteiger partial charge is 0.191 e. The van der Waals surface area contributed by atoms with E-state index in [0.29, 0.717) is 12.6 Å². The second-order valence-electron chi connectivity index (χ2n) is 4.76. The summed E-state index contributed by atoms with van der Waals surface area (Å²) in [7, 11) is 7.63. The summed E-state index contributed by atoms with van der Waals surface area (Å²) in [6.07, 6.45) is 0. The Kier molecular flexibility index (Phi) is 11.3. The van der Waals surface area contributed by atoms with E-state index in [0.717, 1.165) is 19.0 Å². The Hall–Kier alpha value is -0.860. The molecule has 1 aromatic rings. The molecule has 21 heavy (non-hydrogen) atoms. The Morgan fingerprint density at radius 2 is 1.90 bits per heavy atom. The van der Waals surface area contributed by atoms with Crippen LogP contribution in [-0.2, 0) is 4.74 Å². The molecule has 0 spiro atoms. The highest BCUT2D eigenvalue weighted by atomic mass is 127. The van der Waals surface area contributed by atoms with Gasteiger partial charge in [-0.15, -0.1) is 24.0 Å². The van der Waals surface area contributed by atoms with E-state index in [1.54, 1.807) is 14.2 Å². The van der Waals surface area contributed by atoms with Gasteiger partial charge >= 0.3 is 0 Å². The maximum Gasteiger partial charge on any atom is 0.191 e. The second-order valence-corrected chi connectivity index (χ2v) is 4.76. The number of methoxy groups -OCH3 is 1. The van der Waals surface area contributed by atoms with Crippen LogP contribution < -0.4 is 10.6 Å². The third-order valence-corrected chi connectivity index (χ3v) is 3.09. The Bertz CT molecular complexity index is 398. The molecule has 0 amide bonds. The first kappa shape index (κ1) is 20.1. The number of likely N-dealkylation sites (N-methyl/N-ethyl adjacent to an activating group) is 1. The third kappa shape index (κ3) is 7.63. The van der Waals surface area contributed by atoms with Gasteiger partial charge in [0.05, 0.1) is 12.6 Å². The summed E-state index contributed by atoms with van der Waals surface area (Å²) in [5.74, 6) is 0.796. The van der Waals surface area contributed by atoms with Gasteiger partial charge in [-0.05, 0) is 19.7 Å². The monoisotopic (exact) mass is 406 g/mol. The first-order valence-corrected chi connectivity index (χ1v) is 6.84. The Morgan fingerprint density at radius 3 is 2.43 bits per heavy atom.